The van der Waals surface area contributed by atoms with Crippen molar-refractivity contribution in [3.63, 3.8) is 0 Å². The lowest BCUT2D eigenvalue weighted by molar-refractivity contribution is -0.171. The van der Waals surface area contributed by atoms with Crippen LogP contribution < -0.4 is 0 Å². The number of carboxylic acids is 1. The third-order valence-corrected chi connectivity index (χ3v) is 6.76. The number of hydrogen-bond acceptors (Lipinski definition) is 3. The van der Waals surface area contributed by atoms with Gasteiger partial charge >= 0.3 is 5.97 Å². The molecule has 4 heteroatoms. The molecule has 1 fully saturated rings. The molecule has 1 saturated heterocycles. The summed E-state index contributed by atoms with van der Waals surface area (Å²) in [5.74, 6) is -0.739. The van der Waals surface area contributed by atoms with Crippen molar-refractivity contribution in [1.29, 1.82) is 0 Å². The lowest BCUT2D eigenvalue weighted by atomic mass is 9.65. The number of carboxylic acid groups (broad SMARTS) is 1. The third-order valence-electron chi connectivity index (χ3n) is 6.76. The summed E-state index contributed by atoms with van der Waals surface area (Å²) in [6.45, 7) is 9.54. The Hall–Kier alpha value is -1.91. The Labute approximate surface area is 168 Å². The molecule has 0 amide bonds. The van der Waals surface area contributed by atoms with Crippen LogP contribution in [0, 0.1) is 5.41 Å². The molecule has 0 spiro atoms. The first-order valence-corrected chi connectivity index (χ1v) is 10.5. The fourth-order valence-electron chi connectivity index (χ4n) is 4.77. The summed E-state index contributed by atoms with van der Waals surface area (Å²) in [7, 11) is 0. The number of rotatable bonds is 9. The summed E-state index contributed by atoms with van der Waals surface area (Å²) in [5.41, 5.74) is -0.504. The van der Waals surface area contributed by atoms with Gasteiger partial charge in [0.25, 0.3) is 0 Å². The molecule has 0 radical (unpaired) electrons. The molecule has 0 saturated carbocycles. The second kappa shape index (κ2) is 8.62. The second-order valence-electron chi connectivity index (χ2n) is 8.16. The zero-order valence-electron chi connectivity index (χ0n) is 17.4. The van der Waals surface area contributed by atoms with E-state index in [9.17, 15) is 9.90 Å². The van der Waals surface area contributed by atoms with E-state index in [-0.39, 0.29) is 0 Å². The number of ether oxygens (including phenoxy) is 1. The van der Waals surface area contributed by atoms with Crippen LogP contribution in [0.15, 0.2) is 42.5 Å². The SMILES string of the molecule is CCN(CC)CCC(Cc1cccc2ccccc12)(C(=O)O)C1(C)CCCO1. The molecule has 152 valence electrons. The Morgan fingerprint density at radius 1 is 1.18 bits per heavy atom. The van der Waals surface area contributed by atoms with Crippen molar-refractivity contribution in [2.75, 3.05) is 26.2 Å². The largest absolute Gasteiger partial charge is 0.481 e. The average molecular weight is 384 g/mol. The quantitative estimate of drug-likeness (QED) is 0.679. The van der Waals surface area contributed by atoms with Gasteiger partial charge in [0.05, 0.1) is 5.60 Å². The van der Waals surface area contributed by atoms with Crippen LogP contribution in [0.4, 0.5) is 0 Å². The van der Waals surface area contributed by atoms with Crippen molar-refractivity contribution >= 4 is 16.7 Å². The Balaban J connectivity index is 2.05. The highest BCUT2D eigenvalue weighted by Gasteiger charge is 2.56. The highest BCUT2D eigenvalue weighted by Crippen LogP contribution is 2.47. The van der Waals surface area contributed by atoms with Gasteiger partial charge in [-0.05, 0) is 68.6 Å². The molecule has 2 aromatic carbocycles. The normalized spacial score (nSPS) is 21.9. The maximum absolute atomic E-state index is 12.8. The van der Waals surface area contributed by atoms with Crippen LogP contribution >= 0.6 is 0 Å². The van der Waals surface area contributed by atoms with E-state index in [2.05, 4.69) is 43.0 Å². The van der Waals surface area contributed by atoms with Gasteiger partial charge in [-0.3, -0.25) is 4.79 Å². The number of aliphatic carboxylic acids is 1. The first-order valence-electron chi connectivity index (χ1n) is 10.5. The first-order chi connectivity index (χ1) is 13.5. The third kappa shape index (κ3) is 3.81. The summed E-state index contributed by atoms with van der Waals surface area (Å²) < 4.78 is 6.15. The first kappa shape index (κ1) is 20.8. The van der Waals surface area contributed by atoms with Crippen molar-refractivity contribution < 1.29 is 14.6 Å². The van der Waals surface area contributed by atoms with Crippen LogP contribution in [0.3, 0.4) is 0 Å². The Bertz CT molecular complexity index is 803. The van der Waals surface area contributed by atoms with E-state index in [4.69, 9.17) is 4.74 Å². The van der Waals surface area contributed by atoms with E-state index >= 15 is 0 Å². The predicted molar refractivity (Wildman–Crippen MR) is 114 cm³/mol. The van der Waals surface area contributed by atoms with Gasteiger partial charge < -0.3 is 14.7 Å². The minimum absolute atomic E-state index is 0.488. The number of carbonyl (C=O) groups is 1. The van der Waals surface area contributed by atoms with E-state index in [1.807, 2.05) is 25.1 Å². The molecule has 2 aromatic rings. The molecule has 4 nitrogen and oxygen atoms in total. The van der Waals surface area contributed by atoms with E-state index < -0.39 is 17.0 Å². The van der Waals surface area contributed by atoms with Crippen LogP contribution in [0.25, 0.3) is 10.8 Å². The Morgan fingerprint density at radius 2 is 1.89 bits per heavy atom. The molecule has 1 heterocycles. The molecule has 3 rings (SSSR count). The van der Waals surface area contributed by atoms with Crippen LogP contribution in [0.5, 0.6) is 0 Å². The number of nitrogens with zero attached hydrogens (tertiary/aromatic N) is 1. The van der Waals surface area contributed by atoms with Gasteiger partial charge in [0.15, 0.2) is 0 Å². The summed E-state index contributed by atoms with van der Waals surface area (Å²) >= 11 is 0. The molecule has 0 aromatic heterocycles. The van der Waals surface area contributed by atoms with Crippen LogP contribution in [0.1, 0.15) is 45.6 Å². The molecule has 2 unspecified atom stereocenters. The van der Waals surface area contributed by atoms with E-state index in [0.717, 1.165) is 48.8 Å². The summed E-state index contributed by atoms with van der Waals surface area (Å²) in [5, 5.41) is 12.8. The van der Waals surface area contributed by atoms with Crippen LogP contribution in [0.2, 0.25) is 0 Å². The number of benzene rings is 2. The summed E-state index contributed by atoms with van der Waals surface area (Å²) in [4.78, 5) is 15.1. The standard InChI is InChI=1S/C24H33NO3/c1-4-25(5-2)16-15-24(22(26)27,23(3)14-9-17-28-23)18-20-12-8-11-19-10-6-7-13-21(19)20/h6-8,10-13H,4-5,9,14-18H2,1-3H3,(H,26,27). The van der Waals surface area contributed by atoms with Gasteiger partial charge in [-0.15, -0.1) is 0 Å². The van der Waals surface area contributed by atoms with Crippen molar-refractivity contribution in [2.45, 2.75) is 52.1 Å². The molecule has 1 aliphatic heterocycles. The topological polar surface area (TPSA) is 49.8 Å². The zero-order chi connectivity index (χ0) is 20.2. The number of fused-ring (bicyclic) bond motifs is 1. The highest BCUT2D eigenvalue weighted by atomic mass is 16.5. The maximum Gasteiger partial charge on any atom is 0.312 e. The van der Waals surface area contributed by atoms with Crippen molar-refractivity contribution in [2.24, 2.45) is 5.41 Å². The van der Waals surface area contributed by atoms with Gasteiger partial charge in [0, 0.05) is 6.61 Å². The van der Waals surface area contributed by atoms with Crippen molar-refractivity contribution in [3.05, 3.63) is 48.0 Å². The lowest BCUT2D eigenvalue weighted by Crippen LogP contribution is -2.54. The molecule has 28 heavy (non-hydrogen) atoms. The van der Waals surface area contributed by atoms with Crippen LogP contribution in [-0.2, 0) is 16.0 Å². The Kier molecular flexibility index (Phi) is 6.41. The summed E-state index contributed by atoms with van der Waals surface area (Å²) in [6.07, 6.45) is 2.79. The molecular weight excluding hydrogens is 350 g/mol. The fourth-order valence-corrected chi connectivity index (χ4v) is 4.77. The minimum Gasteiger partial charge on any atom is -0.481 e. The maximum atomic E-state index is 12.8. The lowest BCUT2D eigenvalue weighted by Gasteiger charge is -2.44. The van der Waals surface area contributed by atoms with Gasteiger partial charge in [-0.2, -0.15) is 0 Å². The molecule has 1 N–H and O–H groups in total. The van der Waals surface area contributed by atoms with Crippen LogP contribution in [-0.4, -0.2) is 47.8 Å². The highest BCUT2D eigenvalue weighted by molar-refractivity contribution is 5.87. The molecule has 0 aliphatic carbocycles. The predicted octanol–water partition coefficient (Wildman–Crippen LogP) is 4.75. The number of hydrogen-bond donors (Lipinski definition) is 1. The van der Waals surface area contributed by atoms with Gasteiger partial charge in [-0.25, -0.2) is 0 Å². The van der Waals surface area contributed by atoms with E-state index in [1.54, 1.807) is 0 Å². The fraction of sp³-hybridized carbons (Fsp3) is 0.542. The molecule has 1 aliphatic rings. The van der Waals surface area contributed by atoms with Gasteiger partial charge in [0.1, 0.15) is 5.41 Å². The van der Waals surface area contributed by atoms with Crippen molar-refractivity contribution in [1.82, 2.24) is 4.90 Å². The smallest absolute Gasteiger partial charge is 0.312 e. The van der Waals surface area contributed by atoms with E-state index in [0.29, 0.717) is 19.4 Å². The molecule has 0 bridgehead atoms. The Morgan fingerprint density at radius 3 is 2.54 bits per heavy atom. The van der Waals surface area contributed by atoms with Crippen molar-refractivity contribution in [3.8, 4) is 0 Å². The molecule has 2 atom stereocenters. The summed E-state index contributed by atoms with van der Waals surface area (Å²) in [6, 6.07) is 14.4. The monoisotopic (exact) mass is 383 g/mol. The zero-order valence-corrected chi connectivity index (χ0v) is 17.4. The average Bonchev–Trinajstić information content (AvgIpc) is 3.15. The van der Waals surface area contributed by atoms with Gasteiger partial charge in [0.2, 0.25) is 0 Å². The van der Waals surface area contributed by atoms with Gasteiger partial charge in [-0.1, -0.05) is 56.3 Å². The molecular formula is C24H33NO3. The second-order valence-corrected chi connectivity index (χ2v) is 8.16. The van der Waals surface area contributed by atoms with E-state index in [1.165, 1.54) is 0 Å². The minimum atomic E-state index is -0.948.